The lowest BCUT2D eigenvalue weighted by Crippen LogP contribution is -2.59. The molecule has 11 heteroatoms. The normalized spacial score (nSPS) is 29.5. The minimum atomic E-state index is -5.13. The molecule has 222 valence electrons. The van der Waals surface area contributed by atoms with Gasteiger partial charge < -0.3 is 14.9 Å². The number of anilines is 1. The maximum absolute atomic E-state index is 16.1. The van der Waals surface area contributed by atoms with Crippen LogP contribution in [-0.4, -0.2) is 59.9 Å². The highest BCUT2D eigenvalue weighted by Crippen LogP contribution is 2.53. The number of carboxylic acid groups (broad SMARTS) is 1. The number of hydrogen-bond acceptors (Lipinski definition) is 3. The minimum absolute atomic E-state index is 0.0452. The Morgan fingerprint density at radius 1 is 1.02 bits per heavy atom. The highest BCUT2D eigenvalue weighted by atomic mass is 19.4. The lowest BCUT2D eigenvalue weighted by molar-refractivity contribution is -0.228. The summed E-state index contributed by atoms with van der Waals surface area (Å²) < 4.78 is 85.4. The van der Waals surface area contributed by atoms with Crippen molar-refractivity contribution in [3.8, 4) is 0 Å². The van der Waals surface area contributed by atoms with Crippen LogP contribution in [-0.2, 0) is 27.1 Å². The van der Waals surface area contributed by atoms with Gasteiger partial charge in [-0.15, -0.1) is 0 Å². The number of carboxylic acids is 1. The maximum Gasteiger partial charge on any atom is 0.426 e. The predicted molar refractivity (Wildman–Crippen MR) is 140 cm³/mol. The van der Waals surface area contributed by atoms with E-state index in [0.29, 0.717) is 31.0 Å². The van der Waals surface area contributed by atoms with Crippen molar-refractivity contribution in [3.05, 3.63) is 65.0 Å². The van der Waals surface area contributed by atoms with E-state index in [1.165, 1.54) is 29.2 Å². The van der Waals surface area contributed by atoms with E-state index in [9.17, 15) is 36.6 Å². The van der Waals surface area contributed by atoms with Gasteiger partial charge in [0, 0.05) is 36.8 Å². The zero-order chi connectivity index (χ0) is 30.0. The smallest absolute Gasteiger partial charge is 0.426 e. The average molecular weight is 583 g/mol. The highest BCUT2D eigenvalue weighted by Gasteiger charge is 2.58. The number of likely N-dealkylation sites (tertiary alicyclic amines) is 1. The Morgan fingerprint density at radius 3 is 2.24 bits per heavy atom. The van der Waals surface area contributed by atoms with E-state index < -0.39 is 58.1 Å². The fourth-order valence-electron chi connectivity index (χ4n) is 6.91. The number of halogens is 6. The van der Waals surface area contributed by atoms with Crippen molar-refractivity contribution in [3.63, 3.8) is 0 Å². The van der Waals surface area contributed by atoms with Crippen LogP contribution in [0.2, 0.25) is 0 Å². The summed E-state index contributed by atoms with van der Waals surface area (Å²) >= 11 is 0. The molecule has 2 aromatic rings. The number of amides is 1. The van der Waals surface area contributed by atoms with Gasteiger partial charge >= 0.3 is 12.1 Å². The lowest BCUT2D eigenvalue weighted by atomic mass is 9.66. The molecule has 1 N–H and O–H groups in total. The zero-order valence-electron chi connectivity index (χ0n) is 22.8. The Morgan fingerprint density at radius 2 is 1.66 bits per heavy atom. The Hall–Kier alpha value is -3.24. The SMILES string of the molecule is CN1CC2N(C(=O)[C@]3(F)CC[C@@H](C(=O)O)CC3)CCC2(Cc2ccc(F)cc2)c2ccc(C(C)(F)C(F)(F)F)cc21. The first-order valence-corrected chi connectivity index (χ1v) is 13.7. The van der Waals surface area contributed by atoms with Gasteiger partial charge in [0.1, 0.15) is 5.82 Å². The van der Waals surface area contributed by atoms with Crippen LogP contribution in [0.1, 0.15) is 55.7 Å². The molecule has 0 radical (unpaired) electrons. The van der Waals surface area contributed by atoms with Crippen molar-refractivity contribution >= 4 is 17.6 Å². The van der Waals surface area contributed by atoms with Crippen LogP contribution in [0.15, 0.2) is 42.5 Å². The largest absolute Gasteiger partial charge is 0.481 e. The molecule has 1 saturated carbocycles. The lowest BCUT2D eigenvalue weighted by Gasteiger charge is -2.48. The molecule has 0 spiro atoms. The fraction of sp³-hybridized carbons (Fsp3) is 0.533. The summed E-state index contributed by atoms with van der Waals surface area (Å²) in [6.07, 6.45) is -4.80. The van der Waals surface area contributed by atoms with Crippen LogP contribution >= 0.6 is 0 Å². The summed E-state index contributed by atoms with van der Waals surface area (Å²) in [5.41, 5.74) is -5.48. The van der Waals surface area contributed by atoms with Crippen molar-refractivity contribution in [1.82, 2.24) is 4.90 Å². The summed E-state index contributed by atoms with van der Waals surface area (Å²) in [6, 6.07) is 9.00. The van der Waals surface area contributed by atoms with Gasteiger partial charge in [0.15, 0.2) is 5.67 Å². The molecule has 1 aliphatic carbocycles. The second-order valence-electron chi connectivity index (χ2n) is 11.9. The summed E-state index contributed by atoms with van der Waals surface area (Å²) in [4.78, 5) is 28.3. The monoisotopic (exact) mass is 582 g/mol. The van der Waals surface area contributed by atoms with Crippen LogP contribution in [0.3, 0.4) is 0 Å². The number of alkyl halides is 5. The van der Waals surface area contributed by atoms with E-state index in [-0.39, 0.29) is 38.8 Å². The van der Waals surface area contributed by atoms with Gasteiger partial charge in [0.05, 0.1) is 12.0 Å². The molecule has 0 aromatic heterocycles. The fourth-order valence-corrected chi connectivity index (χ4v) is 6.91. The molecule has 2 aliphatic heterocycles. The van der Waals surface area contributed by atoms with Gasteiger partial charge in [0.25, 0.3) is 5.91 Å². The Balaban J connectivity index is 1.55. The molecule has 2 aromatic carbocycles. The maximum atomic E-state index is 16.1. The molecule has 3 atom stereocenters. The molecule has 1 amide bonds. The number of likely N-dealkylation sites (N-methyl/N-ethyl adjacent to an activating group) is 1. The van der Waals surface area contributed by atoms with Crippen molar-refractivity contribution in [1.29, 1.82) is 0 Å². The summed E-state index contributed by atoms with van der Waals surface area (Å²) in [5.74, 6) is -2.87. The number of carbonyl (C=O) groups is 2. The molecule has 0 bridgehead atoms. The molecule has 2 fully saturated rings. The van der Waals surface area contributed by atoms with E-state index in [1.54, 1.807) is 24.1 Å². The average Bonchev–Trinajstić information content (AvgIpc) is 3.27. The number of aliphatic carboxylic acids is 1. The summed E-state index contributed by atoms with van der Waals surface area (Å²) in [7, 11) is 1.64. The summed E-state index contributed by atoms with van der Waals surface area (Å²) in [5, 5.41) is 9.31. The van der Waals surface area contributed by atoms with Gasteiger partial charge in [-0.25, -0.2) is 13.2 Å². The number of hydrogen-bond donors (Lipinski definition) is 1. The third-order valence-electron chi connectivity index (χ3n) is 9.48. The van der Waals surface area contributed by atoms with E-state index in [0.717, 1.165) is 11.6 Å². The van der Waals surface area contributed by atoms with Crippen molar-refractivity contribution < 1.29 is 41.0 Å². The van der Waals surface area contributed by atoms with Crippen LogP contribution in [0.25, 0.3) is 0 Å². The number of benzene rings is 2. The number of rotatable bonds is 5. The standard InChI is InChI=1S/C30H32F6N2O3/c1-27(32,30(34,35)36)20-5-8-22-23(15-20)37(2)17-24-28(22,16-18-3-6-21(31)7-4-18)13-14-38(24)26(41)29(33)11-9-19(10-12-29)25(39)40/h3-8,15,19,24H,9-14,16-17H2,1-2H3,(H,39,40)/t19-,24?,27?,28?,29+. The first-order valence-electron chi connectivity index (χ1n) is 13.7. The van der Waals surface area contributed by atoms with Crippen LogP contribution in [0, 0.1) is 11.7 Å². The second kappa shape index (κ2) is 9.94. The molecule has 41 heavy (non-hydrogen) atoms. The van der Waals surface area contributed by atoms with Crippen molar-refractivity contribution in [2.24, 2.45) is 5.92 Å². The first-order chi connectivity index (χ1) is 19.1. The number of carbonyl (C=O) groups excluding carboxylic acids is 1. The molecule has 3 aliphatic rings. The molecule has 2 heterocycles. The van der Waals surface area contributed by atoms with Gasteiger partial charge in [0.2, 0.25) is 5.67 Å². The van der Waals surface area contributed by atoms with Gasteiger partial charge in [-0.3, -0.25) is 9.59 Å². The van der Waals surface area contributed by atoms with Gasteiger partial charge in [-0.2, -0.15) is 13.2 Å². The molecule has 3 unspecified atom stereocenters. The van der Waals surface area contributed by atoms with Crippen molar-refractivity contribution in [2.75, 3.05) is 25.0 Å². The van der Waals surface area contributed by atoms with Crippen LogP contribution in [0.5, 0.6) is 0 Å². The predicted octanol–water partition coefficient (Wildman–Crippen LogP) is 6.09. The zero-order valence-corrected chi connectivity index (χ0v) is 22.8. The Bertz CT molecular complexity index is 1340. The third kappa shape index (κ3) is 4.84. The quantitative estimate of drug-likeness (QED) is 0.434. The van der Waals surface area contributed by atoms with Crippen molar-refractivity contribution in [2.45, 2.75) is 74.4 Å². The van der Waals surface area contributed by atoms with E-state index >= 15 is 4.39 Å². The molecule has 1 saturated heterocycles. The van der Waals surface area contributed by atoms with Crippen LogP contribution in [0.4, 0.5) is 32.0 Å². The first kappa shape index (κ1) is 29.3. The third-order valence-corrected chi connectivity index (χ3v) is 9.48. The Kier molecular flexibility index (Phi) is 7.10. The van der Waals surface area contributed by atoms with E-state index in [4.69, 9.17) is 0 Å². The molecular formula is C30H32F6N2O3. The number of nitrogens with zero attached hydrogens (tertiary/aromatic N) is 2. The van der Waals surface area contributed by atoms with Crippen LogP contribution < -0.4 is 4.90 Å². The van der Waals surface area contributed by atoms with E-state index in [2.05, 4.69) is 0 Å². The summed E-state index contributed by atoms with van der Waals surface area (Å²) in [6.45, 7) is 0.813. The highest BCUT2D eigenvalue weighted by molar-refractivity contribution is 5.87. The minimum Gasteiger partial charge on any atom is -0.481 e. The Labute approximate surface area is 234 Å². The molecule has 5 rings (SSSR count). The van der Waals surface area contributed by atoms with Gasteiger partial charge in [-0.05, 0) is 74.8 Å². The topological polar surface area (TPSA) is 60.9 Å². The number of fused-ring (bicyclic) bond motifs is 3. The molecular weight excluding hydrogens is 550 g/mol. The van der Waals surface area contributed by atoms with Gasteiger partial charge in [-0.1, -0.05) is 24.3 Å². The molecule has 5 nitrogen and oxygen atoms in total. The van der Waals surface area contributed by atoms with E-state index in [1.807, 2.05) is 0 Å². The second-order valence-corrected chi connectivity index (χ2v) is 11.9.